The van der Waals surface area contributed by atoms with E-state index >= 15 is 0 Å². The van der Waals surface area contributed by atoms with Crippen molar-refractivity contribution in [2.24, 2.45) is 5.92 Å². The smallest absolute Gasteiger partial charge is 0.0948 e. The van der Waals surface area contributed by atoms with E-state index < -0.39 is 0 Å². The molecule has 3 nitrogen and oxygen atoms in total. The maximum Gasteiger partial charge on any atom is 0.0948 e. The third-order valence-electron chi connectivity index (χ3n) is 3.27. The molecule has 15 heavy (non-hydrogen) atoms. The second-order valence-electron chi connectivity index (χ2n) is 4.44. The Morgan fingerprint density at radius 2 is 2.40 bits per heavy atom. The molecule has 1 fully saturated rings. The third-order valence-corrected chi connectivity index (χ3v) is 3.27. The topological polar surface area (TPSA) is 29.9 Å². The Hall–Kier alpha value is -0.830. The van der Waals surface area contributed by atoms with Crippen molar-refractivity contribution in [2.75, 3.05) is 0 Å². The van der Waals surface area contributed by atoms with Gasteiger partial charge in [-0.05, 0) is 25.7 Å². The Labute approximate surface area is 91.9 Å². The van der Waals surface area contributed by atoms with Crippen LogP contribution in [0, 0.1) is 5.92 Å². The van der Waals surface area contributed by atoms with Crippen LogP contribution in [0.5, 0.6) is 0 Å². The second kappa shape index (κ2) is 4.79. The lowest BCUT2D eigenvalue weighted by Gasteiger charge is -2.06. The van der Waals surface area contributed by atoms with Crippen molar-refractivity contribution in [1.82, 2.24) is 14.9 Å². The number of nitrogens with zero attached hydrogens (tertiary/aromatic N) is 2. The van der Waals surface area contributed by atoms with Crippen LogP contribution in [0.4, 0.5) is 0 Å². The van der Waals surface area contributed by atoms with Crippen LogP contribution < -0.4 is 5.32 Å². The van der Waals surface area contributed by atoms with Crippen molar-refractivity contribution in [3.05, 3.63) is 18.2 Å². The molecule has 0 spiro atoms. The highest BCUT2D eigenvalue weighted by Gasteiger charge is 2.35. The molecule has 84 valence electrons. The van der Waals surface area contributed by atoms with Crippen LogP contribution >= 0.6 is 0 Å². The molecule has 1 aliphatic carbocycles. The summed E-state index contributed by atoms with van der Waals surface area (Å²) >= 11 is 0. The highest BCUT2D eigenvalue weighted by atomic mass is 15.1. The molecule has 0 amide bonds. The zero-order valence-corrected chi connectivity index (χ0v) is 9.74. The Bertz CT molecular complexity index is 306. The van der Waals surface area contributed by atoms with E-state index in [1.165, 1.54) is 25.0 Å². The van der Waals surface area contributed by atoms with Gasteiger partial charge in [0.1, 0.15) is 0 Å². The van der Waals surface area contributed by atoms with E-state index in [4.69, 9.17) is 0 Å². The number of aromatic nitrogens is 2. The van der Waals surface area contributed by atoms with E-state index in [0.717, 1.165) is 25.0 Å². The van der Waals surface area contributed by atoms with Gasteiger partial charge in [0.05, 0.1) is 12.0 Å². The summed E-state index contributed by atoms with van der Waals surface area (Å²) in [5.74, 6) is 0.938. The van der Waals surface area contributed by atoms with E-state index in [1.54, 1.807) is 0 Å². The van der Waals surface area contributed by atoms with Gasteiger partial charge in [0, 0.05) is 25.3 Å². The van der Waals surface area contributed by atoms with Gasteiger partial charge in [0.25, 0.3) is 0 Å². The molecule has 1 N–H and O–H groups in total. The van der Waals surface area contributed by atoms with Crippen molar-refractivity contribution in [3.63, 3.8) is 0 Å². The normalized spacial score (nSPS) is 24.4. The first-order chi connectivity index (χ1) is 7.35. The zero-order chi connectivity index (χ0) is 10.7. The van der Waals surface area contributed by atoms with Crippen molar-refractivity contribution in [1.29, 1.82) is 0 Å². The molecular weight excluding hydrogens is 186 g/mol. The molecule has 0 aliphatic heterocycles. The summed E-state index contributed by atoms with van der Waals surface area (Å²) in [4.78, 5) is 4.17. The molecule has 1 heterocycles. The van der Waals surface area contributed by atoms with Gasteiger partial charge >= 0.3 is 0 Å². The van der Waals surface area contributed by atoms with E-state index in [0.29, 0.717) is 0 Å². The first-order valence-electron chi connectivity index (χ1n) is 6.07. The molecule has 1 aromatic rings. The summed E-state index contributed by atoms with van der Waals surface area (Å²) in [6.07, 6.45) is 7.94. The predicted molar refractivity (Wildman–Crippen MR) is 61.5 cm³/mol. The van der Waals surface area contributed by atoms with Gasteiger partial charge < -0.3 is 9.88 Å². The molecule has 2 unspecified atom stereocenters. The number of aryl methyl sites for hydroxylation is 1. The molecule has 1 saturated carbocycles. The molecule has 1 aromatic heterocycles. The largest absolute Gasteiger partial charge is 0.334 e. The average molecular weight is 207 g/mol. The molecule has 0 radical (unpaired) electrons. The Kier molecular flexibility index (Phi) is 3.41. The average Bonchev–Trinajstić information content (AvgIpc) is 2.82. The monoisotopic (exact) mass is 207 g/mol. The van der Waals surface area contributed by atoms with Crippen LogP contribution in [0.3, 0.4) is 0 Å². The second-order valence-corrected chi connectivity index (χ2v) is 4.44. The number of rotatable bonds is 6. The highest BCUT2D eigenvalue weighted by Crippen LogP contribution is 2.34. The fourth-order valence-electron chi connectivity index (χ4n) is 2.20. The quantitative estimate of drug-likeness (QED) is 0.775. The first kappa shape index (κ1) is 10.7. The number of nitrogens with one attached hydrogen (secondary N) is 1. The van der Waals surface area contributed by atoms with Gasteiger partial charge in [-0.1, -0.05) is 13.3 Å². The molecule has 3 heteroatoms. The lowest BCUT2D eigenvalue weighted by atomic mass is 10.2. The number of hydrogen-bond donors (Lipinski definition) is 1. The lowest BCUT2D eigenvalue weighted by molar-refractivity contribution is 0.576. The number of hydrogen-bond acceptors (Lipinski definition) is 2. The summed E-state index contributed by atoms with van der Waals surface area (Å²) in [5, 5.41) is 3.61. The van der Waals surface area contributed by atoms with Crippen molar-refractivity contribution in [2.45, 2.75) is 52.2 Å². The minimum absolute atomic E-state index is 0.769. The van der Waals surface area contributed by atoms with E-state index in [9.17, 15) is 0 Å². The molecule has 2 rings (SSSR count). The molecule has 0 saturated heterocycles. The summed E-state index contributed by atoms with van der Waals surface area (Å²) in [6.45, 7) is 6.41. The van der Waals surface area contributed by atoms with Gasteiger partial charge in [-0.2, -0.15) is 0 Å². The van der Waals surface area contributed by atoms with Crippen LogP contribution in [-0.2, 0) is 13.1 Å². The zero-order valence-electron chi connectivity index (χ0n) is 9.74. The highest BCUT2D eigenvalue weighted by molar-refractivity contribution is 5.01. The van der Waals surface area contributed by atoms with Gasteiger partial charge in [0.2, 0.25) is 0 Å². The van der Waals surface area contributed by atoms with Gasteiger partial charge in [-0.25, -0.2) is 4.98 Å². The van der Waals surface area contributed by atoms with Crippen LogP contribution in [-0.4, -0.2) is 15.6 Å². The molecule has 0 aromatic carbocycles. The van der Waals surface area contributed by atoms with Gasteiger partial charge in [-0.3, -0.25) is 0 Å². The molecular formula is C12H21N3. The summed E-state index contributed by atoms with van der Waals surface area (Å²) in [6, 6.07) is 0.769. The van der Waals surface area contributed by atoms with Gasteiger partial charge in [-0.15, -0.1) is 0 Å². The standard InChI is InChI=1S/C12H21N3/c1-3-5-10-6-12(10)14-8-11-7-13-9-15(11)4-2/h7,9-10,12,14H,3-6,8H2,1-2H3. The molecule has 1 aliphatic rings. The van der Waals surface area contributed by atoms with Crippen LogP contribution in [0.25, 0.3) is 0 Å². The van der Waals surface area contributed by atoms with Crippen LogP contribution in [0.2, 0.25) is 0 Å². The first-order valence-corrected chi connectivity index (χ1v) is 6.07. The maximum atomic E-state index is 4.17. The number of imidazole rings is 1. The Morgan fingerprint density at radius 1 is 1.53 bits per heavy atom. The predicted octanol–water partition coefficient (Wildman–Crippen LogP) is 2.18. The Morgan fingerprint density at radius 3 is 3.13 bits per heavy atom. The van der Waals surface area contributed by atoms with Crippen LogP contribution in [0.1, 0.15) is 38.8 Å². The van der Waals surface area contributed by atoms with E-state index in [-0.39, 0.29) is 0 Å². The summed E-state index contributed by atoms with van der Waals surface area (Å²) in [5.41, 5.74) is 1.31. The minimum atomic E-state index is 0.769. The minimum Gasteiger partial charge on any atom is -0.334 e. The SMILES string of the molecule is CCCC1CC1NCc1cncn1CC. The van der Waals surface area contributed by atoms with E-state index in [2.05, 4.69) is 28.7 Å². The Balaban J connectivity index is 1.75. The third kappa shape index (κ3) is 2.59. The fraction of sp³-hybridized carbons (Fsp3) is 0.750. The van der Waals surface area contributed by atoms with Crippen molar-refractivity contribution < 1.29 is 0 Å². The summed E-state index contributed by atoms with van der Waals surface area (Å²) < 4.78 is 2.20. The van der Waals surface area contributed by atoms with Crippen molar-refractivity contribution >= 4 is 0 Å². The van der Waals surface area contributed by atoms with Gasteiger partial charge in [0.15, 0.2) is 0 Å². The maximum absolute atomic E-state index is 4.17. The molecule has 0 bridgehead atoms. The van der Waals surface area contributed by atoms with Crippen molar-refractivity contribution in [3.8, 4) is 0 Å². The summed E-state index contributed by atoms with van der Waals surface area (Å²) in [7, 11) is 0. The molecule has 2 atom stereocenters. The fourth-order valence-corrected chi connectivity index (χ4v) is 2.20. The lowest BCUT2D eigenvalue weighted by Crippen LogP contribution is -2.19. The van der Waals surface area contributed by atoms with Crippen LogP contribution in [0.15, 0.2) is 12.5 Å². The van der Waals surface area contributed by atoms with E-state index in [1.807, 2.05) is 12.5 Å².